The molecule has 0 amide bonds. The van der Waals surface area contributed by atoms with Crippen molar-refractivity contribution in [2.24, 2.45) is 0 Å². The van der Waals surface area contributed by atoms with Gasteiger partial charge >= 0.3 is 0 Å². The molecule has 252 valence electrons. The van der Waals surface area contributed by atoms with E-state index in [1.807, 2.05) is 0 Å². The minimum absolute atomic E-state index is 0.893. The molecule has 0 aliphatic heterocycles. The Balaban J connectivity index is 1.20. The van der Waals surface area contributed by atoms with Crippen LogP contribution in [0.25, 0.3) is 87.3 Å². The Morgan fingerprint density at radius 1 is 0.296 bits per heavy atom. The normalized spacial score (nSPS) is 11.7. The van der Waals surface area contributed by atoms with E-state index in [1.165, 1.54) is 48.8 Å². The minimum Gasteiger partial charge on any atom is -0.455 e. The van der Waals surface area contributed by atoms with Gasteiger partial charge in [0.25, 0.3) is 0 Å². The van der Waals surface area contributed by atoms with E-state index >= 15 is 0 Å². The molecule has 0 atom stereocenters. The van der Waals surface area contributed by atoms with E-state index in [2.05, 4.69) is 205 Å². The lowest BCUT2D eigenvalue weighted by Gasteiger charge is -2.30. The van der Waals surface area contributed by atoms with Crippen LogP contribution in [0.2, 0.25) is 0 Å². The Hall–Kier alpha value is -7.16. The zero-order valence-corrected chi connectivity index (χ0v) is 29.4. The molecule has 2 nitrogen and oxygen atoms in total. The van der Waals surface area contributed by atoms with E-state index in [-0.39, 0.29) is 0 Å². The number of para-hydroxylation sites is 2. The summed E-state index contributed by atoms with van der Waals surface area (Å²) >= 11 is 0. The largest absolute Gasteiger partial charge is 0.455 e. The molecule has 0 aliphatic rings. The molecule has 0 aliphatic carbocycles. The summed E-state index contributed by atoms with van der Waals surface area (Å²) in [6.07, 6.45) is 0. The summed E-state index contributed by atoms with van der Waals surface area (Å²) in [5, 5.41) is 11.9. The van der Waals surface area contributed by atoms with Gasteiger partial charge in [-0.2, -0.15) is 0 Å². The molecule has 1 aromatic heterocycles. The van der Waals surface area contributed by atoms with Crippen LogP contribution in [0.3, 0.4) is 0 Å². The van der Waals surface area contributed by atoms with Gasteiger partial charge in [-0.1, -0.05) is 170 Å². The van der Waals surface area contributed by atoms with Crippen LogP contribution in [-0.4, -0.2) is 0 Å². The van der Waals surface area contributed by atoms with E-state index in [1.54, 1.807) is 0 Å². The van der Waals surface area contributed by atoms with Crippen LogP contribution in [0.4, 0.5) is 17.1 Å². The zero-order chi connectivity index (χ0) is 35.6. The van der Waals surface area contributed by atoms with Gasteiger partial charge in [0.15, 0.2) is 0 Å². The first-order valence-corrected chi connectivity index (χ1v) is 18.5. The maximum atomic E-state index is 6.92. The average Bonchev–Trinajstić information content (AvgIpc) is 3.64. The van der Waals surface area contributed by atoms with E-state index < -0.39 is 0 Å². The van der Waals surface area contributed by atoms with Crippen LogP contribution in [0.1, 0.15) is 0 Å². The van der Waals surface area contributed by atoms with Crippen molar-refractivity contribution < 1.29 is 4.42 Å². The standard InChI is InChI=1S/C52H33NO/c1-4-20-39-34(14-1)17-12-26-40(39)36-18-11-19-38(32-36)53(50-33-37-16-3-5-21-41(37)43-23-7-8-24-44(43)50)49-29-10-9-25-45(49)46-27-13-28-47-48-31-30-35-15-2-6-22-42(35)51(48)54-52(46)47/h1-33H. The third kappa shape index (κ3) is 4.74. The molecule has 0 saturated carbocycles. The first kappa shape index (κ1) is 30.5. The lowest BCUT2D eigenvalue weighted by atomic mass is 9.95. The number of rotatable bonds is 5. The maximum Gasteiger partial charge on any atom is 0.143 e. The van der Waals surface area contributed by atoms with E-state index in [0.717, 1.165) is 55.5 Å². The van der Waals surface area contributed by atoms with Gasteiger partial charge in [-0.05, 0) is 73.8 Å². The molecule has 2 heteroatoms. The molecule has 0 bridgehead atoms. The number of nitrogens with zero attached hydrogens (tertiary/aromatic N) is 1. The number of hydrogen-bond acceptors (Lipinski definition) is 2. The minimum atomic E-state index is 0.893. The molecule has 1 heterocycles. The van der Waals surface area contributed by atoms with Crippen molar-refractivity contribution in [2.45, 2.75) is 0 Å². The fraction of sp³-hybridized carbons (Fsp3) is 0. The number of fused-ring (bicyclic) bond motifs is 9. The van der Waals surface area contributed by atoms with Gasteiger partial charge in [-0.3, -0.25) is 0 Å². The second-order valence-electron chi connectivity index (χ2n) is 14.0. The first-order chi connectivity index (χ1) is 26.8. The molecule has 0 N–H and O–H groups in total. The van der Waals surface area contributed by atoms with Crippen molar-refractivity contribution in [3.63, 3.8) is 0 Å². The van der Waals surface area contributed by atoms with Gasteiger partial charge < -0.3 is 9.32 Å². The van der Waals surface area contributed by atoms with Gasteiger partial charge in [0.05, 0.1) is 11.4 Å². The van der Waals surface area contributed by atoms with Crippen molar-refractivity contribution >= 4 is 82.1 Å². The Kier molecular flexibility index (Phi) is 6.90. The van der Waals surface area contributed by atoms with Crippen molar-refractivity contribution in [1.82, 2.24) is 0 Å². The Labute approximate surface area is 312 Å². The summed E-state index contributed by atoms with van der Waals surface area (Å²) in [5.74, 6) is 0. The van der Waals surface area contributed by atoms with Crippen LogP contribution >= 0.6 is 0 Å². The second kappa shape index (κ2) is 12.2. The van der Waals surface area contributed by atoms with Gasteiger partial charge in [-0.25, -0.2) is 0 Å². The van der Waals surface area contributed by atoms with Gasteiger partial charge in [0.2, 0.25) is 0 Å². The zero-order valence-electron chi connectivity index (χ0n) is 29.4. The number of anilines is 3. The average molecular weight is 688 g/mol. The number of benzene rings is 10. The molecule has 0 unspecified atom stereocenters. The number of hydrogen-bond donors (Lipinski definition) is 0. The van der Waals surface area contributed by atoms with Gasteiger partial charge in [0.1, 0.15) is 11.2 Å². The monoisotopic (exact) mass is 687 g/mol. The molecule has 0 spiro atoms. The van der Waals surface area contributed by atoms with Crippen molar-refractivity contribution in [1.29, 1.82) is 0 Å². The van der Waals surface area contributed by atoms with Crippen LogP contribution < -0.4 is 4.90 Å². The predicted molar refractivity (Wildman–Crippen MR) is 229 cm³/mol. The molecule has 0 saturated heterocycles. The highest BCUT2D eigenvalue weighted by Gasteiger charge is 2.23. The summed E-state index contributed by atoms with van der Waals surface area (Å²) < 4.78 is 6.92. The molecule has 10 aromatic carbocycles. The molecule has 11 aromatic rings. The van der Waals surface area contributed by atoms with Gasteiger partial charge in [-0.15, -0.1) is 0 Å². The van der Waals surface area contributed by atoms with E-state index in [0.29, 0.717) is 0 Å². The Bertz CT molecular complexity index is 3240. The fourth-order valence-corrected chi connectivity index (χ4v) is 8.55. The Morgan fingerprint density at radius 2 is 0.870 bits per heavy atom. The maximum absolute atomic E-state index is 6.92. The lowest BCUT2D eigenvalue weighted by molar-refractivity contribution is 0.674. The summed E-state index contributed by atoms with van der Waals surface area (Å²) in [6.45, 7) is 0. The molecule has 54 heavy (non-hydrogen) atoms. The van der Waals surface area contributed by atoms with Crippen LogP contribution in [0.15, 0.2) is 205 Å². The third-order valence-corrected chi connectivity index (χ3v) is 11.0. The van der Waals surface area contributed by atoms with Crippen LogP contribution in [-0.2, 0) is 0 Å². The van der Waals surface area contributed by atoms with Crippen molar-refractivity contribution in [2.75, 3.05) is 4.90 Å². The van der Waals surface area contributed by atoms with Crippen molar-refractivity contribution in [3.05, 3.63) is 200 Å². The van der Waals surface area contributed by atoms with Crippen LogP contribution in [0, 0.1) is 0 Å². The predicted octanol–water partition coefficient (Wildman–Crippen LogP) is 15.0. The number of furan rings is 1. The topological polar surface area (TPSA) is 16.4 Å². The fourth-order valence-electron chi connectivity index (χ4n) is 8.55. The molecule has 0 fully saturated rings. The summed E-state index contributed by atoms with van der Waals surface area (Å²) in [5.41, 5.74) is 9.63. The summed E-state index contributed by atoms with van der Waals surface area (Å²) in [6, 6.07) is 72.3. The summed E-state index contributed by atoms with van der Waals surface area (Å²) in [4.78, 5) is 2.45. The van der Waals surface area contributed by atoms with Gasteiger partial charge in [0, 0.05) is 38.4 Å². The van der Waals surface area contributed by atoms with E-state index in [4.69, 9.17) is 4.42 Å². The quantitative estimate of drug-likeness (QED) is 0.168. The molecule has 11 rings (SSSR count). The molecule has 0 radical (unpaired) electrons. The Morgan fingerprint density at radius 3 is 1.74 bits per heavy atom. The van der Waals surface area contributed by atoms with Crippen molar-refractivity contribution in [3.8, 4) is 22.3 Å². The molecular formula is C52H33NO. The molecular weight excluding hydrogens is 655 g/mol. The third-order valence-electron chi connectivity index (χ3n) is 11.0. The summed E-state index contributed by atoms with van der Waals surface area (Å²) in [7, 11) is 0. The highest BCUT2D eigenvalue weighted by molar-refractivity contribution is 6.19. The lowest BCUT2D eigenvalue weighted by Crippen LogP contribution is -2.12. The van der Waals surface area contributed by atoms with Crippen LogP contribution in [0.5, 0.6) is 0 Å². The smallest absolute Gasteiger partial charge is 0.143 e. The highest BCUT2D eigenvalue weighted by atomic mass is 16.3. The SMILES string of the molecule is c1cc(-c2cccc3ccccc23)cc(N(c2ccccc2-c2cccc3c2oc2c4ccccc4ccc32)c2cc3ccccc3c3ccccc23)c1. The first-order valence-electron chi connectivity index (χ1n) is 18.5. The van der Waals surface area contributed by atoms with E-state index in [9.17, 15) is 0 Å². The highest BCUT2D eigenvalue weighted by Crippen LogP contribution is 2.48. The second-order valence-corrected chi connectivity index (χ2v) is 14.0.